The Bertz CT molecular complexity index is 362. The van der Waals surface area contributed by atoms with Gasteiger partial charge < -0.3 is 10.2 Å². The predicted molar refractivity (Wildman–Crippen MR) is 61.6 cm³/mol. The highest BCUT2D eigenvalue weighted by molar-refractivity contribution is 5.20. The van der Waals surface area contributed by atoms with Gasteiger partial charge in [-0.15, -0.1) is 0 Å². The summed E-state index contributed by atoms with van der Waals surface area (Å²) in [5.74, 6) is -1.79. The number of hydrogen-bond acceptors (Lipinski definition) is 2. The van der Waals surface area contributed by atoms with Crippen molar-refractivity contribution < 1.29 is 19.0 Å². The lowest BCUT2D eigenvalue weighted by atomic mass is 9.79. The molecule has 0 saturated heterocycles. The molecule has 4 heteroatoms. The van der Waals surface area contributed by atoms with Crippen LogP contribution >= 0.6 is 0 Å². The van der Waals surface area contributed by atoms with E-state index < -0.39 is 17.0 Å². The maximum Gasteiger partial charge on any atom is 0.162 e. The Kier molecular flexibility index (Phi) is 5.02. The van der Waals surface area contributed by atoms with Crippen molar-refractivity contribution in [3.63, 3.8) is 0 Å². The van der Waals surface area contributed by atoms with Gasteiger partial charge in [-0.05, 0) is 24.5 Å². The van der Waals surface area contributed by atoms with Crippen molar-refractivity contribution in [3.8, 4) is 0 Å². The van der Waals surface area contributed by atoms with E-state index in [1.54, 1.807) is 0 Å². The van der Waals surface area contributed by atoms with Crippen molar-refractivity contribution in [1.82, 2.24) is 0 Å². The van der Waals surface area contributed by atoms with E-state index in [1.165, 1.54) is 12.1 Å². The van der Waals surface area contributed by atoms with Crippen LogP contribution in [0, 0.1) is 17.0 Å². The third-order valence-corrected chi connectivity index (χ3v) is 3.05. The van der Waals surface area contributed by atoms with E-state index in [1.807, 2.05) is 6.92 Å². The molecule has 0 heterocycles. The third-order valence-electron chi connectivity index (χ3n) is 3.05. The molecule has 0 atom stereocenters. The summed E-state index contributed by atoms with van der Waals surface area (Å²) in [5.41, 5.74) is -0.579. The molecule has 0 aliphatic carbocycles. The number of rotatable bonds is 6. The van der Waals surface area contributed by atoms with Crippen LogP contribution in [0.15, 0.2) is 18.2 Å². The van der Waals surface area contributed by atoms with Crippen molar-refractivity contribution in [2.45, 2.75) is 26.2 Å². The molecule has 96 valence electrons. The maximum atomic E-state index is 13.5. The molecular formula is C13H18F2O2. The van der Waals surface area contributed by atoms with E-state index in [2.05, 4.69) is 0 Å². The molecule has 0 aliphatic rings. The summed E-state index contributed by atoms with van der Waals surface area (Å²) < 4.78 is 26.6. The van der Waals surface area contributed by atoms with Crippen LogP contribution in [-0.2, 0) is 6.42 Å². The van der Waals surface area contributed by atoms with Crippen LogP contribution < -0.4 is 0 Å². The Hall–Kier alpha value is -1.00. The molecule has 17 heavy (non-hydrogen) atoms. The molecule has 1 rings (SSSR count). The van der Waals surface area contributed by atoms with Crippen LogP contribution in [0.1, 0.15) is 25.3 Å². The van der Waals surface area contributed by atoms with Gasteiger partial charge in [0.05, 0.1) is 13.2 Å². The quantitative estimate of drug-likeness (QED) is 0.806. The fraction of sp³-hybridized carbons (Fsp3) is 0.538. The molecule has 0 unspecified atom stereocenters. The van der Waals surface area contributed by atoms with Crippen molar-refractivity contribution in [2.24, 2.45) is 5.41 Å². The second-order valence-corrected chi connectivity index (χ2v) is 4.46. The number of aliphatic hydroxyl groups is 2. The Balaban J connectivity index is 2.97. The van der Waals surface area contributed by atoms with Crippen LogP contribution in [0.4, 0.5) is 8.78 Å². The zero-order valence-electron chi connectivity index (χ0n) is 9.92. The van der Waals surface area contributed by atoms with Crippen molar-refractivity contribution >= 4 is 0 Å². The van der Waals surface area contributed by atoms with Gasteiger partial charge in [0.2, 0.25) is 0 Å². The Morgan fingerprint density at radius 3 is 2.35 bits per heavy atom. The SMILES string of the molecule is CCCC(CO)(CO)Cc1cccc(F)c1F. The standard InChI is InChI=1S/C13H18F2O2/c1-2-6-13(8-16,9-17)7-10-4-3-5-11(14)12(10)15/h3-5,16-17H,2,6-9H2,1H3. The molecule has 0 spiro atoms. The van der Waals surface area contributed by atoms with Crippen LogP contribution in [0.25, 0.3) is 0 Å². The Morgan fingerprint density at radius 1 is 1.18 bits per heavy atom. The fourth-order valence-corrected chi connectivity index (χ4v) is 2.03. The highest BCUT2D eigenvalue weighted by Gasteiger charge is 2.29. The second-order valence-electron chi connectivity index (χ2n) is 4.46. The first-order valence-corrected chi connectivity index (χ1v) is 5.73. The molecule has 0 aliphatic heterocycles. The molecule has 0 radical (unpaired) electrons. The molecule has 0 saturated carbocycles. The van der Waals surface area contributed by atoms with Gasteiger partial charge >= 0.3 is 0 Å². The molecular weight excluding hydrogens is 226 g/mol. The predicted octanol–water partition coefficient (Wildman–Crippen LogP) is 2.28. The van der Waals surface area contributed by atoms with Gasteiger partial charge in [-0.25, -0.2) is 8.78 Å². The van der Waals surface area contributed by atoms with E-state index in [4.69, 9.17) is 0 Å². The first-order chi connectivity index (χ1) is 8.08. The summed E-state index contributed by atoms with van der Waals surface area (Å²) >= 11 is 0. The first-order valence-electron chi connectivity index (χ1n) is 5.73. The highest BCUT2D eigenvalue weighted by Crippen LogP contribution is 2.29. The summed E-state index contributed by atoms with van der Waals surface area (Å²) in [6, 6.07) is 3.96. The summed E-state index contributed by atoms with van der Waals surface area (Å²) in [6.45, 7) is 1.43. The topological polar surface area (TPSA) is 40.5 Å². The minimum absolute atomic E-state index is 0.136. The summed E-state index contributed by atoms with van der Waals surface area (Å²) in [5, 5.41) is 18.7. The number of benzene rings is 1. The summed E-state index contributed by atoms with van der Waals surface area (Å²) in [6.07, 6.45) is 1.46. The van der Waals surface area contributed by atoms with E-state index in [-0.39, 0.29) is 25.2 Å². The zero-order valence-corrected chi connectivity index (χ0v) is 9.92. The van der Waals surface area contributed by atoms with E-state index in [0.29, 0.717) is 6.42 Å². The van der Waals surface area contributed by atoms with Crippen LogP contribution in [0.5, 0.6) is 0 Å². The van der Waals surface area contributed by atoms with Crippen molar-refractivity contribution in [3.05, 3.63) is 35.4 Å². The molecule has 0 fully saturated rings. The Labute approximate surface area is 99.9 Å². The first kappa shape index (κ1) is 14.1. The van der Waals surface area contributed by atoms with Gasteiger partial charge in [0.1, 0.15) is 0 Å². The molecule has 2 nitrogen and oxygen atoms in total. The van der Waals surface area contributed by atoms with E-state index >= 15 is 0 Å². The van der Waals surface area contributed by atoms with Crippen molar-refractivity contribution in [2.75, 3.05) is 13.2 Å². The van der Waals surface area contributed by atoms with E-state index in [0.717, 1.165) is 12.5 Å². The van der Waals surface area contributed by atoms with Gasteiger partial charge in [0, 0.05) is 5.41 Å². The molecule has 0 bridgehead atoms. The van der Waals surface area contributed by atoms with Gasteiger partial charge in [-0.3, -0.25) is 0 Å². The van der Waals surface area contributed by atoms with Crippen molar-refractivity contribution in [1.29, 1.82) is 0 Å². The third kappa shape index (κ3) is 3.23. The molecule has 2 N–H and O–H groups in total. The minimum atomic E-state index is -0.899. The normalized spacial score (nSPS) is 11.8. The minimum Gasteiger partial charge on any atom is -0.396 e. The zero-order chi connectivity index (χ0) is 12.9. The fourth-order valence-electron chi connectivity index (χ4n) is 2.03. The molecule has 0 amide bonds. The highest BCUT2D eigenvalue weighted by atomic mass is 19.2. The lowest BCUT2D eigenvalue weighted by molar-refractivity contribution is 0.0458. The smallest absolute Gasteiger partial charge is 0.162 e. The summed E-state index contributed by atoms with van der Waals surface area (Å²) in [4.78, 5) is 0. The average Bonchev–Trinajstić information content (AvgIpc) is 2.34. The second kappa shape index (κ2) is 6.07. The van der Waals surface area contributed by atoms with Gasteiger partial charge in [0.25, 0.3) is 0 Å². The van der Waals surface area contributed by atoms with Gasteiger partial charge in [-0.1, -0.05) is 25.5 Å². The van der Waals surface area contributed by atoms with E-state index in [9.17, 15) is 19.0 Å². The lowest BCUT2D eigenvalue weighted by Crippen LogP contribution is -2.32. The van der Waals surface area contributed by atoms with Crippen LogP contribution in [0.2, 0.25) is 0 Å². The monoisotopic (exact) mass is 244 g/mol. The molecule has 1 aromatic carbocycles. The average molecular weight is 244 g/mol. The van der Waals surface area contributed by atoms with Gasteiger partial charge in [0.15, 0.2) is 11.6 Å². The largest absolute Gasteiger partial charge is 0.396 e. The number of halogens is 2. The summed E-state index contributed by atoms with van der Waals surface area (Å²) in [7, 11) is 0. The van der Waals surface area contributed by atoms with Crippen LogP contribution in [0.3, 0.4) is 0 Å². The molecule has 0 aromatic heterocycles. The maximum absolute atomic E-state index is 13.5. The lowest BCUT2D eigenvalue weighted by Gasteiger charge is -2.29. The number of aliphatic hydroxyl groups excluding tert-OH is 2. The van der Waals surface area contributed by atoms with Gasteiger partial charge in [-0.2, -0.15) is 0 Å². The Morgan fingerprint density at radius 2 is 1.82 bits per heavy atom. The molecule has 1 aromatic rings. The number of hydrogen-bond donors (Lipinski definition) is 2. The van der Waals surface area contributed by atoms with Crippen LogP contribution in [-0.4, -0.2) is 23.4 Å².